The summed E-state index contributed by atoms with van der Waals surface area (Å²) in [4.78, 5) is 22.7. The van der Waals surface area contributed by atoms with Crippen LogP contribution in [0.4, 0.5) is 5.69 Å². The summed E-state index contributed by atoms with van der Waals surface area (Å²) in [7, 11) is 0. The highest BCUT2D eigenvalue weighted by molar-refractivity contribution is 6.30. The maximum absolute atomic E-state index is 11.8. The maximum atomic E-state index is 11.8. The van der Waals surface area contributed by atoms with E-state index in [0.29, 0.717) is 17.1 Å². The fourth-order valence-corrected chi connectivity index (χ4v) is 1.93. The summed E-state index contributed by atoms with van der Waals surface area (Å²) in [6, 6.07) is 13.9. The Hall–Kier alpha value is -2.53. The Kier molecular flexibility index (Phi) is 5.38. The van der Waals surface area contributed by atoms with Gasteiger partial charge in [0.25, 0.3) is 0 Å². The van der Waals surface area contributed by atoms with Gasteiger partial charge in [-0.2, -0.15) is 0 Å². The first-order chi connectivity index (χ1) is 10.5. The summed E-state index contributed by atoms with van der Waals surface area (Å²) in [5.74, 6) is -0.610. The Bertz CT molecular complexity index is 654. The molecule has 0 saturated heterocycles. The fourth-order valence-electron chi connectivity index (χ4n) is 1.80. The average molecular weight is 318 g/mol. The van der Waals surface area contributed by atoms with E-state index in [1.54, 1.807) is 36.4 Å². The van der Waals surface area contributed by atoms with Crippen LogP contribution >= 0.6 is 11.6 Å². The average Bonchev–Trinajstić information content (AvgIpc) is 2.52. The summed E-state index contributed by atoms with van der Waals surface area (Å²) in [5, 5.41) is 6.43. The second-order valence-corrected chi connectivity index (χ2v) is 5.13. The van der Waals surface area contributed by atoms with Gasteiger partial charge >= 0.3 is 0 Å². The van der Waals surface area contributed by atoms with Crippen LogP contribution < -0.4 is 16.4 Å². The first kappa shape index (κ1) is 15.9. The molecular weight excluding hydrogens is 302 g/mol. The highest BCUT2D eigenvalue weighted by Crippen LogP contribution is 2.10. The monoisotopic (exact) mass is 317 g/mol. The summed E-state index contributed by atoms with van der Waals surface area (Å²) in [6.45, 7) is 0.585. The standard InChI is InChI=1S/C16H16ClN3O2/c17-13-5-1-11(2-6-13)9-20-15(21)10-19-14-7-3-12(4-8-14)16(18)22/h1-8,19H,9-10H2,(H2,18,22)(H,20,21). The van der Waals surface area contributed by atoms with E-state index in [1.807, 2.05) is 12.1 Å². The SMILES string of the molecule is NC(=O)c1ccc(NCC(=O)NCc2ccc(Cl)cc2)cc1. The van der Waals surface area contributed by atoms with Crippen molar-refractivity contribution in [2.75, 3.05) is 11.9 Å². The zero-order chi connectivity index (χ0) is 15.9. The number of nitrogens with one attached hydrogen (secondary N) is 2. The zero-order valence-electron chi connectivity index (χ0n) is 11.8. The minimum atomic E-state index is -0.479. The van der Waals surface area contributed by atoms with Gasteiger partial charge in [-0.3, -0.25) is 9.59 Å². The Balaban J connectivity index is 1.77. The quantitative estimate of drug-likeness (QED) is 0.763. The summed E-state index contributed by atoms with van der Waals surface area (Å²) >= 11 is 5.80. The molecule has 0 unspecified atom stereocenters. The highest BCUT2D eigenvalue weighted by atomic mass is 35.5. The van der Waals surface area contributed by atoms with Gasteiger partial charge in [-0.1, -0.05) is 23.7 Å². The minimum Gasteiger partial charge on any atom is -0.376 e. The van der Waals surface area contributed by atoms with Gasteiger partial charge in [0.1, 0.15) is 0 Å². The normalized spacial score (nSPS) is 10.0. The van der Waals surface area contributed by atoms with E-state index in [2.05, 4.69) is 10.6 Å². The predicted octanol–water partition coefficient (Wildman–Crippen LogP) is 2.17. The van der Waals surface area contributed by atoms with Gasteiger partial charge in [0.05, 0.1) is 6.54 Å². The third-order valence-corrected chi connectivity index (χ3v) is 3.28. The predicted molar refractivity (Wildman–Crippen MR) is 86.7 cm³/mol. The molecule has 0 saturated carbocycles. The highest BCUT2D eigenvalue weighted by Gasteiger charge is 2.03. The molecule has 2 aromatic carbocycles. The van der Waals surface area contributed by atoms with Crippen LogP contribution in [0, 0.1) is 0 Å². The van der Waals surface area contributed by atoms with Crippen LogP contribution in [-0.4, -0.2) is 18.4 Å². The molecule has 2 amide bonds. The third-order valence-electron chi connectivity index (χ3n) is 3.03. The second kappa shape index (κ2) is 7.47. The number of halogens is 1. The molecule has 0 aliphatic carbocycles. The van der Waals surface area contributed by atoms with Gasteiger partial charge in [0.2, 0.25) is 11.8 Å². The maximum Gasteiger partial charge on any atom is 0.248 e. The summed E-state index contributed by atoms with van der Waals surface area (Å²) in [6.07, 6.45) is 0. The van der Waals surface area contributed by atoms with Crippen molar-refractivity contribution in [1.82, 2.24) is 5.32 Å². The van der Waals surface area contributed by atoms with Crippen LogP contribution in [-0.2, 0) is 11.3 Å². The van der Waals surface area contributed by atoms with Gasteiger partial charge in [-0.15, -0.1) is 0 Å². The van der Waals surface area contributed by atoms with Crippen LogP contribution in [0.3, 0.4) is 0 Å². The van der Waals surface area contributed by atoms with E-state index < -0.39 is 5.91 Å². The van der Waals surface area contributed by atoms with Gasteiger partial charge in [0, 0.05) is 22.8 Å². The molecular formula is C16H16ClN3O2. The second-order valence-electron chi connectivity index (χ2n) is 4.70. The smallest absolute Gasteiger partial charge is 0.248 e. The van der Waals surface area contributed by atoms with Crippen molar-refractivity contribution >= 4 is 29.1 Å². The van der Waals surface area contributed by atoms with Gasteiger partial charge < -0.3 is 16.4 Å². The van der Waals surface area contributed by atoms with Crippen LogP contribution in [0.25, 0.3) is 0 Å². The lowest BCUT2D eigenvalue weighted by molar-refractivity contribution is -0.119. The summed E-state index contributed by atoms with van der Waals surface area (Å²) in [5.41, 5.74) is 7.30. The molecule has 0 aromatic heterocycles. The van der Waals surface area contributed by atoms with Crippen molar-refractivity contribution in [3.63, 3.8) is 0 Å². The number of amides is 2. The molecule has 0 heterocycles. The summed E-state index contributed by atoms with van der Waals surface area (Å²) < 4.78 is 0. The van der Waals surface area contributed by atoms with Crippen molar-refractivity contribution in [3.05, 3.63) is 64.7 Å². The van der Waals surface area contributed by atoms with Gasteiger partial charge in [-0.25, -0.2) is 0 Å². The number of carbonyl (C=O) groups is 2. The zero-order valence-corrected chi connectivity index (χ0v) is 12.6. The Labute approximate surface area is 133 Å². The minimum absolute atomic E-state index is 0.131. The topological polar surface area (TPSA) is 84.2 Å². The van der Waals surface area contributed by atoms with Crippen molar-refractivity contribution in [2.45, 2.75) is 6.54 Å². The van der Waals surface area contributed by atoms with Crippen molar-refractivity contribution in [2.24, 2.45) is 5.73 Å². The van der Waals surface area contributed by atoms with Gasteiger partial charge in [-0.05, 0) is 42.0 Å². The third kappa shape index (κ3) is 4.79. The molecule has 0 aliphatic heterocycles. The number of primary amides is 1. The molecule has 6 heteroatoms. The molecule has 0 fully saturated rings. The molecule has 0 spiro atoms. The van der Waals surface area contributed by atoms with E-state index in [0.717, 1.165) is 11.3 Å². The van der Waals surface area contributed by atoms with E-state index in [1.165, 1.54) is 0 Å². The van der Waals surface area contributed by atoms with Crippen molar-refractivity contribution in [1.29, 1.82) is 0 Å². The lowest BCUT2D eigenvalue weighted by atomic mass is 10.2. The number of benzene rings is 2. The number of nitrogens with two attached hydrogens (primary N) is 1. The van der Waals surface area contributed by atoms with E-state index in [9.17, 15) is 9.59 Å². The van der Waals surface area contributed by atoms with Crippen molar-refractivity contribution < 1.29 is 9.59 Å². The molecule has 0 bridgehead atoms. The first-order valence-corrected chi connectivity index (χ1v) is 7.07. The molecule has 2 rings (SSSR count). The number of anilines is 1. The number of hydrogen-bond acceptors (Lipinski definition) is 3. The fraction of sp³-hybridized carbons (Fsp3) is 0.125. The van der Waals surface area contributed by atoms with Crippen LogP contribution in [0.2, 0.25) is 5.02 Å². The van der Waals surface area contributed by atoms with E-state index in [-0.39, 0.29) is 12.5 Å². The molecule has 22 heavy (non-hydrogen) atoms. The molecule has 114 valence electrons. The molecule has 5 nitrogen and oxygen atoms in total. The Morgan fingerprint density at radius 1 is 1.00 bits per heavy atom. The molecule has 2 aromatic rings. The lowest BCUT2D eigenvalue weighted by Gasteiger charge is -2.08. The van der Waals surface area contributed by atoms with Gasteiger partial charge in [0.15, 0.2) is 0 Å². The Morgan fingerprint density at radius 3 is 2.23 bits per heavy atom. The number of carbonyl (C=O) groups excluding carboxylic acids is 2. The molecule has 4 N–H and O–H groups in total. The number of rotatable bonds is 6. The molecule has 0 aliphatic rings. The lowest BCUT2D eigenvalue weighted by Crippen LogP contribution is -2.29. The van der Waals surface area contributed by atoms with E-state index in [4.69, 9.17) is 17.3 Å². The van der Waals surface area contributed by atoms with E-state index >= 15 is 0 Å². The number of hydrogen-bond donors (Lipinski definition) is 3. The Morgan fingerprint density at radius 2 is 1.64 bits per heavy atom. The largest absolute Gasteiger partial charge is 0.376 e. The van der Waals surface area contributed by atoms with Crippen LogP contribution in [0.15, 0.2) is 48.5 Å². The van der Waals surface area contributed by atoms with Crippen LogP contribution in [0.5, 0.6) is 0 Å². The first-order valence-electron chi connectivity index (χ1n) is 6.69. The van der Waals surface area contributed by atoms with Crippen LogP contribution in [0.1, 0.15) is 15.9 Å². The molecule has 0 radical (unpaired) electrons. The molecule has 0 atom stereocenters. The van der Waals surface area contributed by atoms with Crippen molar-refractivity contribution in [3.8, 4) is 0 Å².